The van der Waals surface area contributed by atoms with Gasteiger partial charge in [-0.3, -0.25) is 4.79 Å². The van der Waals surface area contributed by atoms with Crippen LogP contribution < -0.4 is 4.74 Å². The van der Waals surface area contributed by atoms with Gasteiger partial charge in [-0.15, -0.1) is 0 Å². The number of piperidine rings is 1. The van der Waals surface area contributed by atoms with Gasteiger partial charge in [-0.25, -0.2) is 0 Å². The van der Waals surface area contributed by atoms with Gasteiger partial charge in [0.1, 0.15) is 17.6 Å². The molecule has 1 atom stereocenters. The third kappa shape index (κ3) is 2.79. The lowest BCUT2D eigenvalue weighted by Gasteiger charge is -2.41. The van der Waals surface area contributed by atoms with Gasteiger partial charge < -0.3 is 9.64 Å². The Morgan fingerprint density at radius 1 is 0.955 bits per heavy atom. The quantitative estimate of drug-likeness (QED) is 0.852. The Labute approximate surface area is 132 Å². The Morgan fingerprint density at radius 3 is 2.18 bits per heavy atom. The van der Waals surface area contributed by atoms with Crippen molar-refractivity contribution in [1.82, 2.24) is 4.90 Å². The van der Waals surface area contributed by atoms with Gasteiger partial charge in [0, 0.05) is 31.5 Å². The molecule has 3 aliphatic rings. The van der Waals surface area contributed by atoms with E-state index in [0.717, 1.165) is 43.0 Å². The summed E-state index contributed by atoms with van der Waals surface area (Å²) in [5, 5.41) is 0. The molecule has 1 aromatic rings. The van der Waals surface area contributed by atoms with Crippen LogP contribution in [-0.2, 0) is 4.79 Å². The van der Waals surface area contributed by atoms with E-state index in [-0.39, 0.29) is 5.92 Å². The lowest BCUT2D eigenvalue weighted by Crippen LogP contribution is -2.46. The molecule has 0 amide bonds. The molecule has 0 spiro atoms. The van der Waals surface area contributed by atoms with Crippen LogP contribution in [0.1, 0.15) is 56.4 Å². The number of carbonyl (C=O) groups excluding carboxylic acids is 1. The van der Waals surface area contributed by atoms with Gasteiger partial charge in [0.25, 0.3) is 0 Å². The Morgan fingerprint density at radius 2 is 1.68 bits per heavy atom. The summed E-state index contributed by atoms with van der Waals surface area (Å²) in [6.45, 7) is 2.37. The first-order chi connectivity index (χ1) is 10.8. The molecule has 3 heteroatoms. The Bertz CT molecular complexity index is 527. The second-order valence-electron chi connectivity index (χ2n) is 7.06. The first-order valence-corrected chi connectivity index (χ1v) is 8.83. The number of rotatable bonds is 4. The van der Waals surface area contributed by atoms with Crippen molar-refractivity contribution in [1.29, 1.82) is 0 Å². The third-order valence-electron chi connectivity index (χ3n) is 5.72. The number of ketones is 1. The van der Waals surface area contributed by atoms with Gasteiger partial charge in [0.2, 0.25) is 0 Å². The molecule has 1 heterocycles. The van der Waals surface area contributed by atoms with Crippen LogP contribution in [0.15, 0.2) is 24.3 Å². The maximum absolute atomic E-state index is 11.5. The molecule has 118 valence electrons. The van der Waals surface area contributed by atoms with E-state index in [4.69, 9.17) is 4.74 Å². The highest BCUT2D eigenvalue weighted by Gasteiger charge is 2.30. The summed E-state index contributed by atoms with van der Waals surface area (Å²) in [5.41, 5.74) is 1.16. The topological polar surface area (TPSA) is 29.5 Å². The number of carbonyl (C=O) groups is 1. The van der Waals surface area contributed by atoms with E-state index in [1.54, 1.807) is 0 Å². The van der Waals surface area contributed by atoms with Crippen LogP contribution in [-0.4, -0.2) is 35.9 Å². The molecular weight excluding hydrogens is 274 g/mol. The van der Waals surface area contributed by atoms with E-state index in [0.29, 0.717) is 11.9 Å². The Kier molecular flexibility index (Phi) is 3.91. The van der Waals surface area contributed by atoms with Crippen molar-refractivity contribution in [2.24, 2.45) is 0 Å². The summed E-state index contributed by atoms with van der Waals surface area (Å²) < 4.78 is 6.14. The zero-order valence-electron chi connectivity index (χ0n) is 13.2. The van der Waals surface area contributed by atoms with Crippen molar-refractivity contribution >= 4 is 5.78 Å². The highest BCUT2D eigenvalue weighted by atomic mass is 16.5. The van der Waals surface area contributed by atoms with Gasteiger partial charge in [-0.1, -0.05) is 18.6 Å². The van der Waals surface area contributed by atoms with Crippen molar-refractivity contribution in [3.05, 3.63) is 29.8 Å². The Hall–Kier alpha value is -1.35. The molecule has 0 aromatic heterocycles. The number of ether oxygens (including phenoxy) is 1. The van der Waals surface area contributed by atoms with E-state index >= 15 is 0 Å². The zero-order chi connectivity index (χ0) is 14.9. The molecule has 0 bridgehead atoms. The van der Waals surface area contributed by atoms with Crippen LogP contribution in [0.5, 0.6) is 5.75 Å². The lowest BCUT2D eigenvalue weighted by molar-refractivity contribution is -0.125. The molecule has 3 fully saturated rings. The maximum Gasteiger partial charge on any atom is 0.140 e. The maximum atomic E-state index is 11.5. The number of nitrogens with zero attached hydrogens (tertiary/aromatic N) is 1. The first kappa shape index (κ1) is 14.3. The SMILES string of the molecule is O=C1CCC1c1ccc(OC2CCN(C3CCC3)CC2)cc1. The smallest absolute Gasteiger partial charge is 0.140 e. The molecule has 1 aliphatic heterocycles. The largest absolute Gasteiger partial charge is 0.490 e. The van der Waals surface area contributed by atoms with Crippen molar-refractivity contribution in [3.8, 4) is 5.75 Å². The molecule has 0 N–H and O–H groups in total. The molecule has 22 heavy (non-hydrogen) atoms. The van der Waals surface area contributed by atoms with E-state index in [1.807, 2.05) is 12.1 Å². The molecular formula is C19H25NO2. The van der Waals surface area contributed by atoms with Gasteiger partial charge in [-0.05, 0) is 49.8 Å². The molecule has 0 radical (unpaired) electrons. The van der Waals surface area contributed by atoms with Crippen molar-refractivity contribution in [2.45, 2.75) is 63.0 Å². The van der Waals surface area contributed by atoms with Gasteiger partial charge in [0.05, 0.1) is 0 Å². The number of hydrogen-bond acceptors (Lipinski definition) is 3. The monoisotopic (exact) mass is 299 g/mol. The number of Topliss-reactive ketones (excluding diaryl/α,β-unsaturated/α-hetero) is 1. The van der Waals surface area contributed by atoms with Crippen LogP contribution in [0.2, 0.25) is 0 Å². The standard InChI is InChI=1S/C19H25NO2/c21-19-9-8-18(19)14-4-6-16(7-5-14)22-17-10-12-20(13-11-17)15-2-1-3-15/h4-7,15,17-18H,1-3,8-13H2. The predicted molar refractivity (Wildman–Crippen MR) is 86.3 cm³/mol. The van der Waals surface area contributed by atoms with Crippen LogP contribution in [0.3, 0.4) is 0 Å². The van der Waals surface area contributed by atoms with Crippen molar-refractivity contribution in [2.75, 3.05) is 13.1 Å². The summed E-state index contributed by atoms with van der Waals surface area (Å²) in [7, 11) is 0. The highest BCUT2D eigenvalue weighted by Crippen LogP contribution is 2.34. The number of likely N-dealkylation sites (tertiary alicyclic amines) is 1. The summed E-state index contributed by atoms with van der Waals surface area (Å²) in [6.07, 6.45) is 8.60. The zero-order valence-corrected chi connectivity index (χ0v) is 13.2. The minimum atomic E-state index is 0.153. The fourth-order valence-electron chi connectivity index (χ4n) is 3.84. The second kappa shape index (κ2) is 6.04. The van der Waals surface area contributed by atoms with E-state index in [2.05, 4.69) is 17.0 Å². The molecule has 1 saturated heterocycles. The average molecular weight is 299 g/mol. The van der Waals surface area contributed by atoms with Crippen LogP contribution in [0.4, 0.5) is 0 Å². The van der Waals surface area contributed by atoms with Crippen LogP contribution in [0, 0.1) is 0 Å². The molecule has 1 unspecified atom stereocenters. The van der Waals surface area contributed by atoms with Crippen molar-refractivity contribution in [3.63, 3.8) is 0 Å². The van der Waals surface area contributed by atoms with Crippen molar-refractivity contribution < 1.29 is 9.53 Å². The van der Waals surface area contributed by atoms with Crippen LogP contribution in [0.25, 0.3) is 0 Å². The molecule has 1 aromatic carbocycles. The molecule has 2 saturated carbocycles. The second-order valence-corrected chi connectivity index (χ2v) is 7.06. The normalized spacial score (nSPS) is 27.3. The highest BCUT2D eigenvalue weighted by molar-refractivity contribution is 5.91. The Balaban J connectivity index is 1.29. The van der Waals surface area contributed by atoms with Gasteiger partial charge in [-0.2, -0.15) is 0 Å². The van der Waals surface area contributed by atoms with Crippen LogP contribution >= 0.6 is 0 Å². The summed E-state index contributed by atoms with van der Waals surface area (Å²) in [4.78, 5) is 14.2. The van der Waals surface area contributed by atoms with E-state index < -0.39 is 0 Å². The average Bonchev–Trinajstić information content (AvgIpc) is 2.48. The van der Waals surface area contributed by atoms with E-state index in [1.165, 1.54) is 32.4 Å². The molecule has 4 rings (SSSR count). The minimum absolute atomic E-state index is 0.153. The number of hydrogen-bond donors (Lipinski definition) is 0. The lowest BCUT2D eigenvalue weighted by atomic mass is 9.79. The molecule has 2 aliphatic carbocycles. The predicted octanol–water partition coefficient (Wildman–Crippen LogP) is 3.53. The fraction of sp³-hybridized carbons (Fsp3) is 0.632. The fourth-order valence-corrected chi connectivity index (χ4v) is 3.84. The first-order valence-electron chi connectivity index (χ1n) is 8.83. The van der Waals surface area contributed by atoms with Gasteiger partial charge in [0.15, 0.2) is 0 Å². The summed E-state index contributed by atoms with van der Waals surface area (Å²) in [6, 6.07) is 9.08. The summed E-state index contributed by atoms with van der Waals surface area (Å²) in [5.74, 6) is 1.49. The minimum Gasteiger partial charge on any atom is -0.490 e. The summed E-state index contributed by atoms with van der Waals surface area (Å²) >= 11 is 0. The third-order valence-corrected chi connectivity index (χ3v) is 5.72. The number of benzene rings is 1. The van der Waals surface area contributed by atoms with E-state index in [9.17, 15) is 4.79 Å². The molecule has 3 nitrogen and oxygen atoms in total. The van der Waals surface area contributed by atoms with Gasteiger partial charge >= 0.3 is 0 Å².